The molecule has 3 heteroatoms. The molecule has 0 spiro atoms. The van der Waals surface area contributed by atoms with E-state index in [0.29, 0.717) is 0 Å². The van der Waals surface area contributed by atoms with Crippen LogP contribution >= 0.6 is 0 Å². The number of hydrogen-bond acceptors (Lipinski definition) is 2. The predicted octanol–water partition coefficient (Wildman–Crippen LogP) is -0.121. The Morgan fingerprint density at radius 1 is 1.33 bits per heavy atom. The number of rotatable bonds is 5. The lowest BCUT2D eigenvalue weighted by Gasteiger charge is -1.96. The van der Waals surface area contributed by atoms with Gasteiger partial charge in [-0.15, -0.1) is 0 Å². The van der Waals surface area contributed by atoms with E-state index in [0.717, 1.165) is 26.1 Å². The molecule has 0 radical (unpaired) electrons. The van der Waals surface area contributed by atoms with Crippen molar-refractivity contribution >= 4 is 23.1 Å². The molecule has 0 atom stereocenters. The van der Waals surface area contributed by atoms with Gasteiger partial charge in [0, 0.05) is 19.8 Å². The van der Waals surface area contributed by atoms with E-state index < -0.39 is 0 Å². The molecule has 1 N–H and O–H groups in total. The van der Waals surface area contributed by atoms with Crippen LogP contribution in [0.1, 0.15) is 19.8 Å². The molecule has 9 heavy (non-hydrogen) atoms. The van der Waals surface area contributed by atoms with Gasteiger partial charge >= 0.3 is 23.1 Å². The molecule has 0 rings (SSSR count). The smallest absolute Gasteiger partial charge is 0.316 e. The molecule has 0 saturated carbocycles. The molecule has 0 unspecified atom stereocenters. The molecule has 0 aromatic heterocycles. The molecule has 0 aromatic rings. The second-order valence-electron chi connectivity index (χ2n) is 1.63. The summed E-state index contributed by atoms with van der Waals surface area (Å²) in [5.41, 5.74) is 0. The molecule has 0 bridgehead atoms. The Labute approximate surface area is 72.7 Å². The number of aliphatic hydroxyl groups is 1. The maximum Gasteiger partial charge on any atom is 0.316 e. The molecular weight excluding hydrogens is 128 g/mol. The summed E-state index contributed by atoms with van der Waals surface area (Å²) in [4.78, 5) is 0. The van der Waals surface area contributed by atoms with E-state index in [2.05, 4.69) is 0 Å². The molecule has 0 fully saturated rings. The summed E-state index contributed by atoms with van der Waals surface area (Å²) in [6.07, 6.45) is 1.84. The van der Waals surface area contributed by atoms with Crippen LogP contribution in [0.5, 0.6) is 0 Å². The summed E-state index contributed by atoms with van der Waals surface area (Å²) >= 11 is 0. The Bertz CT molecular complexity index is 36.0. The third kappa shape index (κ3) is 12.0. The minimum atomic E-state index is 0. The molecule has 0 aliphatic rings. The van der Waals surface area contributed by atoms with Gasteiger partial charge in [-0.3, -0.25) is 0 Å². The van der Waals surface area contributed by atoms with E-state index in [4.69, 9.17) is 9.84 Å². The lowest BCUT2D eigenvalue weighted by atomic mass is 10.3. The molecular formula is C6H16MgO2. The minimum Gasteiger partial charge on any atom is -0.396 e. The van der Waals surface area contributed by atoms with E-state index in [9.17, 15) is 0 Å². The van der Waals surface area contributed by atoms with Gasteiger partial charge in [0.25, 0.3) is 0 Å². The molecule has 0 heterocycles. The van der Waals surface area contributed by atoms with Crippen molar-refractivity contribution in [3.8, 4) is 0 Å². The average Bonchev–Trinajstić information content (AvgIpc) is 1.81. The first kappa shape index (κ1) is 12.4. The van der Waals surface area contributed by atoms with E-state index in [1.54, 1.807) is 0 Å². The summed E-state index contributed by atoms with van der Waals surface area (Å²) in [6, 6.07) is 0. The van der Waals surface area contributed by atoms with Crippen molar-refractivity contribution in [3.63, 3.8) is 0 Å². The van der Waals surface area contributed by atoms with Crippen molar-refractivity contribution < 1.29 is 9.84 Å². The fourth-order valence-corrected chi connectivity index (χ4v) is 0.460. The zero-order valence-electron chi connectivity index (χ0n) is 5.39. The van der Waals surface area contributed by atoms with Crippen LogP contribution in [0.2, 0.25) is 0 Å². The first-order valence-corrected chi connectivity index (χ1v) is 3.10. The Balaban J connectivity index is 0. The zero-order chi connectivity index (χ0) is 6.24. The van der Waals surface area contributed by atoms with Gasteiger partial charge < -0.3 is 9.84 Å². The van der Waals surface area contributed by atoms with Crippen molar-refractivity contribution in [2.45, 2.75) is 19.8 Å². The van der Waals surface area contributed by atoms with Gasteiger partial charge in [0.05, 0.1) is 0 Å². The SMILES string of the molecule is CCOCCCCO.[MgH2]. The van der Waals surface area contributed by atoms with Crippen LogP contribution in [0.4, 0.5) is 0 Å². The Morgan fingerprint density at radius 2 is 2.00 bits per heavy atom. The molecule has 0 saturated heterocycles. The molecule has 0 aliphatic heterocycles. The highest BCUT2D eigenvalue weighted by molar-refractivity contribution is 5.75. The van der Waals surface area contributed by atoms with Crippen molar-refractivity contribution in [1.29, 1.82) is 0 Å². The largest absolute Gasteiger partial charge is 0.396 e. The van der Waals surface area contributed by atoms with E-state index in [1.807, 2.05) is 6.92 Å². The zero-order valence-corrected chi connectivity index (χ0v) is 5.39. The van der Waals surface area contributed by atoms with Gasteiger partial charge in [0.2, 0.25) is 0 Å². The van der Waals surface area contributed by atoms with E-state index >= 15 is 0 Å². The first-order chi connectivity index (χ1) is 3.91. The summed E-state index contributed by atoms with van der Waals surface area (Å²) < 4.78 is 5.02. The third-order valence-electron chi connectivity index (χ3n) is 0.901. The van der Waals surface area contributed by atoms with Crippen LogP contribution in [0.15, 0.2) is 0 Å². The highest BCUT2D eigenvalue weighted by Crippen LogP contribution is 1.86. The van der Waals surface area contributed by atoms with Crippen LogP contribution in [0.3, 0.4) is 0 Å². The second-order valence-corrected chi connectivity index (χ2v) is 1.63. The van der Waals surface area contributed by atoms with Gasteiger partial charge in [0.1, 0.15) is 0 Å². The summed E-state index contributed by atoms with van der Waals surface area (Å²) in [5.74, 6) is 0. The van der Waals surface area contributed by atoms with Gasteiger partial charge in [-0.2, -0.15) is 0 Å². The van der Waals surface area contributed by atoms with Crippen LogP contribution < -0.4 is 0 Å². The van der Waals surface area contributed by atoms with Crippen LogP contribution in [0.25, 0.3) is 0 Å². The normalized spacial score (nSPS) is 8.67. The van der Waals surface area contributed by atoms with E-state index in [-0.39, 0.29) is 29.7 Å². The van der Waals surface area contributed by atoms with Crippen molar-refractivity contribution in [1.82, 2.24) is 0 Å². The number of ether oxygens (including phenoxy) is 1. The quantitative estimate of drug-likeness (QED) is 0.431. The average molecular weight is 144 g/mol. The molecule has 0 aromatic carbocycles. The number of hydrogen-bond donors (Lipinski definition) is 1. The van der Waals surface area contributed by atoms with Crippen LogP contribution in [-0.4, -0.2) is 48.0 Å². The van der Waals surface area contributed by atoms with Gasteiger partial charge in [-0.25, -0.2) is 0 Å². The predicted molar refractivity (Wildman–Crippen MR) is 41.4 cm³/mol. The molecule has 0 aliphatic carbocycles. The van der Waals surface area contributed by atoms with Gasteiger partial charge in [-0.1, -0.05) is 0 Å². The highest BCUT2D eigenvalue weighted by atomic mass is 24.3. The second kappa shape index (κ2) is 11.5. The third-order valence-corrected chi connectivity index (χ3v) is 0.901. The lowest BCUT2D eigenvalue weighted by Crippen LogP contribution is -1.94. The maximum absolute atomic E-state index is 8.31. The van der Waals surface area contributed by atoms with Crippen LogP contribution in [-0.2, 0) is 4.74 Å². The fraction of sp³-hybridized carbons (Fsp3) is 1.00. The van der Waals surface area contributed by atoms with Crippen molar-refractivity contribution in [2.75, 3.05) is 19.8 Å². The molecule has 2 nitrogen and oxygen atoms in total. The topological polar surface area (TPSA) is 29.5 Å². The highest BCUT2D eigenvalue weighted by Gasteiger charge is 1.83. The Morgan fingerprint density at radius 3 is 2.44 bits per heavy atom. The maximum atomic E-state index is 8.31. The van der Waals surface area contributed by atoms with E-state index in [1.165, 1.54) is 0 Å². The van der Waals surface area contributed by atoms with Crippen LogP contribution in [0, 0.1) is 0 Å². The minimum absolute atomic E-state index is 0. The Kier molecular flexibility index (Phi) is 15.8. The first-order valence-electron chi connectivity index (χ1n) is 3.10. The molecule has 0 amide bonds. The summed E-state index contributed by atoms with van der Waals surface area (Å²) in [7, 11) is 0. The Hall–Kier alpha value is 0.686. The summed E-state index contributed by atoms with van der Waals surface area (Å²) in [5, 5.41) is 8.31. The van der Waals surface area contributed by atoms with Gasteiger partial charge in [-0.05, 0) is 19.8 Å². The summed E-state index contributed by atoms with van der Waals surface area (Å²) in [6.45, 7) is 3.83. The van der Waals surface area contributed by atoms with Crippen molar-refractivity contribution in [2.24, 2.45) is 0 Å². The number of unbranched alkanes of at least 4 members (excludes halogenated alkanes) is 1. The lowest BCUT2D eigenvalue weighted by molar-refractivity contribution is 0.137. The molecule has 54 valence electrons. The monoisotopic (exact) mass is 144 g/mol. The van der Waals surface area contributed by atoms with Crippen molar-refractivity contribution in [3.05, 3.63) is 0 Å². The van der Waals surface area contributed by atoms with Gasteiger partial charge in [0.15, 0.2) is 0 Å². The fourth-order valence-electron chi connectivity index (χ4n) is 0.460. The standard InChI is InChI=1S/C6H14O2.Mg.2H/c1-2-8-6-4-3-5-7;;;/h7H,2-6H2,1H3;;;. The number of aliphatic hydroxyl groups excluding tert-OH is 1.